The molecule has 0 aromatic rings. The number of alkyl halides is 1. The highest BCUT2D eigenvalue weighted by Gasteiger charge is 2.32. The van der Waals surface area contributed by atoms with Gasteiger partial charge < -0.3 is 9.64 Å². The molecule has 5 heteroatoms. The molecule has 0 N–H and O–H groups in total. The van der Waals surface area contributed by atoms with Crippen LogP contribution < -0.4 is 0 Å². The van der Waals surface area contributed by atoms with Gasteiger partial charge >= 0.3 is 0 Å². The third-order valence-electron chi connectivity index (χ3n) is 3.63. The number of hydrogen-bond acceptors (Lipinski definition) is 3. The number of carbonyl (C=O) groups is 1. The molecule has 0 aromatic heterocycles. The molecular formula is C12H21BrN2O2. The van der Waals surface area contributed by atoms with Gasteiger partial charge in [-0.05, 0) is 13.3 Å². The van der Waals surface area contributed by atoms with Gasteiger partial charge in [-0.15, -0.1) is 0 Å². The van der Waals surface area contributed by atoms with E-state index in [-0.39, 0.29) is 12.0 Å². The van der Waals surface area contributed by atoms with Crippen molar-refractivity contribution in [2.45, 2.75) is 19.4 Å². The van der Waals surface area contributed by atoms with Crippen molar-refractivity contribution in [2.24, 2.45) is 5.92 Å². The van der Waals surface area contributed by atoms with Crippen LogP contribution in [-0.4, -0.2) is 66.5 Å². The van der Waals surface area contributed by atoms with Gasteiger partial charge in [0.15, 0.2) is 0 Å². The van der Waals surface area contributed by atoms with E-state index in [1.165, 1.54) is 0 Å². The SMILES string of the molecule is CC1CC(C(=O)N2CCN(CCBr)CC2)CO1. The first-order valence-corrected chi connectivity index (χ1v) is 7.51. The van der Waals surface area contributed by atoms with E-state index in [1.807, 2.05) is 11.8 Å². The summed E-state index contributed by atoms with van der Waals surface area (Å²) < 4.78 is 5.47. The molecule has 0 aromatic carbocycles. The van der Waals surface area contributed by atoms with Crippen LogP contribution in [0.5, 0.6) is 0 Å². The Labute approximate surface area is 111 Å². The van der Waals surface area contributed by atoms with Crippen LogP contribution in [0.25, 0.3) is 0 Å². The fourth-order valence-corrected chi connectivity index (χ4v) is 3.06. The standard InChI is InChI=1S/C12H21BrN2O2/c1-10-8-11(9-17-10)12(16)15-6-4-14(3-2-13)5-7-15/h10-11H,2-9H2,1H3. The number of halogens is 1. The first kappa shape index (κ1) is 13.3. The zero-order chi connectivity index (χ0) is 12.3. The van der Waals surface area contributed by atoms with E-state index in [1.54, 1.807) is 0 Å². The summed E-state index contributed by atoms with van der Waals surface area (Å²) >= 11 is 3.45. The van der Waals surface area contributed by atoms with Crippen LogP contribution in [0.3, 0.4) is 0 Å². The topological polar surface area (TPSA) is 32.8 Å². The molecule has 2 atom stereocenters. The van der Waals surface area contributed by atoms with E-state index in [4.69, 9.17) is 4.74 Å². The molecule has 2 fully saturated rings. The second-order valence-corrected chi connectivity index (χ2v) is 5.73. The van der Waals surface area contributed by atoms with Crippen molar-refractivity contribution in [2.75, 3.05) is 44.7 Å². The molecule has 4 nitrogen and oxygen atoms in total. The van der Waals surface area contributed by atoms with Crippen molar-refractivity contribution in [3.63, 3.8) is 0 Å². The Bertz CT molecular complexity index is 267. The smallest absolute Gasteiger partial charge is 0.228 e. The Morgan fingerprint density at radius 3 is 2.59 bits per heavy atom. The number of hydrogen-bond donors (Lipinski definition) is 0. The maximum atomic E-state index is 12.2. The van der Waals surface area contributed by atoms with Gasteiger partial charge in [-0.2, -0.15) is 0 Å². The van der Waals surface area contributed by atoms with Gasteiger partial charge in [-0.25, -0.2) is 0 Å². The lowest BCUT2D eigenvalue weighted by Gasteiger charge is -2.35. The Kier molecular flexibility index (Phi) is 4.82. The lowest BCUT2D eigenvalue weighted by atomic mass is 10.0. The first-order valence-electron chi connectivity index (χ1n) is 6.39. The van der Waals surface area contributed by atoms with E-state index in [0.717, 1.165) is 44.5 Å². The quantitative estimate of drug-likeness (QED) is 0.728. The summed E-state index contributed by atoms with van der Waals surface area (Å²) in [5, 5.41) is 1.01. The number of carbonyl (C=O) groups excluding carboxylic acids is 1. The minimum absolute atomic E-state index is 0.104. The summed E-state index contributed by atoms with van der Waals surface area (Å²) in [4.78, 5) is 16.6. The molecular weight excluding hydrogens is 284 g/mol. The predicted molar refractivity (Wildman–Crippen MR) is 70.3 cm³/mol. The number of rotatable bonds is 3. The Hall–Kier alpha value is -0.130. The number of piperazine rings is 1. The summed E-state index contributed by atoms with van der Waals surface area (Å²) in [6.07, 6.45) is 1.14. The summed E-state index contributed by atoms with van der Waals surface area (Å²) in [7, 11) is 0. The Balaban J connectivity index is 1.78. The highest BCUT2D eigenvalue weighted by molar-refractivity contribution is 9.09. The highest BCUT2D eigenvalue weighted by Crippen LogP contribution is 2.21. The molecule has 0 radical (unpaired) electrons. The van der Waals surface area contributed by atoms with Crippen LogP contribution in [0.1, 0.15) is 13.3 Å². The second kappa shape index (κ2) is 6.16. The zero-order valence-corrected chi connectivity index (χ0v) is 12.0. The van der Waals surface area contributed by atoms with Gasteiger partial charge in [-0.3, -0.25) is 9.69 Å². The summed E-state index contributed by atoms with van der Waals surface area (Å²) in [5.41, 5.74) is 0. The Morgan fingerprint density at radius 2 is 2.06 bits per heavy atom. The summed E-state index contributed by atoms with van der Waals surface area (Å²) in [6.45, 7) is 7.48. The molecule has 2 rings (SSSR count). The van der Waals surface area contributed by atoms with Crippen LogP contribution in [0.2, 0.25) is 0 Å². The molecule has 0 spiro atoms. The monoisotopic (exact) mass is 304 g/mol. The van der Waals surface area contributed by atoms with E-state index < -0.39 is 0 Å². The predicted octanol–water partition coefficient (Wildman–Crippen LogP) is 0.951. The fraction of sp³-hybridized carbons (Fsp3) is 0.917. The first-order chi connectivity index (χ1) is 8.20. The van der Waals surface area contributed by atoms with Gasteiger partial charge in [0.1, 0.15) is 0 Å². The third kappa shape index (κ3) is 3.42. The summed E-state index contributed by atoms with van der Waals surface area (Å²) in [5.74, 6) is 0.403. The van der Waals surface area contributed by atoms with Crippen molar-refractivity contribution in [3.8, 4) is 0 Å². The van der Waals surface area contributed by atoms with Crippen LogP contribution in [0, 0.1) is 5.92 Å². The van der Waals surface area contributed by atoms with E-state index in [0.29, 0.717) is 12.5 Å². The number of nitrogens with zero attached hydrogens (tertiary/aromatic N) is 2. The average molecular weight is 305 g/mol. The van der Waals surface area contributed by atoms with Gasteiger partial charge in [-0.1, -0.05) is 15.9 Å². The van der Waals surface area contributed by atoms with Crippen molar-refractivity contribution in [3.05, 3.63) is 0 Å². The van der Waals surface area contributed by atoms with Crippen LogP contribution in [0.15, 0.2) is 0 Å². The van der Waals surface area contributed by atoms with Crippen molar-refractivity contribution < 1.29 is 9.53 Å². The van der Waals surface area contributed by atoms with E-state index in [9.17, 15) is 4.79 Å². The molecule has 1 amide bonds. The average Bonchev–Trinajstić information content (AvgIpc) is 2.76. The second-order valence-electron chi connectivity index (χ2n) is 4.93. The molecule has 0 bridgehead atoms. The van der Waals surface area contributed by atoms with Crippen molar-refractivity contribution >= 4 is 21.8 Å². The third-order valence-corrected chi connectivity index (χ3v) is 3.99. The molecule has 2 saturated heterocycles. The van der Waals surface area contributed by atoms with Crippen LogP contribution in [-0.2, 0) is 9.53 Å². The minimum atomic E-state index is 0.104. The van der Waals surface area contributed by atoms with Crippen LogP contribution >= 0.6 is 15.9 Å². The normalized spacial score (nSPS) is 30.8. The van der Waals surface area contributed by atoms with E-state index in [2.05, 4.69) is 20.8 Å². The molecule has 0 saturated carbocycles. The van der Waals surface area contributed by atoms with Crippen molar-refractivity contribution in [1.82, 2.24) is 9.80 Å². The number of ether oxygens (including phenoxy) is 1. The van der Waals surface area contributed by atoms with E-state index >= 15 is 0 Å². The molecule has 2 unspecified atom stereocenters. The van der Waals surface area contributed by atoms with Crippen LogP contribution in [0.4, 0.5) is 0 Å². The van der Waals surface area contributed by atoms with Gasteiger partial charge in [0.25, 0.3) is 0 Å². The van der Waals surface area contributed by atoms with Crippen molar-refractivity contribution in [1.29, 1.82) is 0 Å². The number of amides is 1. The molecule has 2 aliphatic heterocycles. The molecule has 2 heterocycles. The Morgan fingerprint density at radius 1 is 1.35 bits per heavy atom. The lowest BCUT2D eigenvalue weighted by Crippen LogP contribution is -2.50. The van der Waals surface area contributed by atoms with Gasteiger partial charge in [0.05, 0.1) is 18.6 Å². The maximum Gasteiger partial charge on any atom is 0.228 e. The minimum Gasteiger partial charge on any atom is -0.378 e. The zero-order valence-electron chi connectivity index (χ0n) is 10.4. The van der Waals surface area contributed by atoms with Gasteiger partial charge in [0.2, 0.25) is 5.91 Å². The highest BCUT2D eigenvalue weighted by atomic mass is 79.9. The fourth-order valence-electron chi connectivity index (χ4n) is 2.56. The lowest BCUT2D eigenvalue weighted by molar-refractivity contribution is -0.137. The molecule has 0 aliphatic carbocycles. The maximum absolute atomic E-state index is 12.2. The van der Waals surface area contributed by atoms with Gasteiger partial charge in [0, 0.05) is 38.1 Å². The largest absolute Gasteiger partial charge is 0.378 e. The molecule has 98 valence electrons. The molecule has 2 aliphatic rings. The summed E-state index contributed by atoms with van der Waals surface area (Å²) in [6, 6.07) is 0. The molecule has 17 heavy (non-hydrogen) atoms.